The topological polar surface area (TPSA) is 57.7 Å². The maximum absolute atomic E-state index is 11.3. The van der Waals surface area contributed by atoms with Gasteiger partial charge in [0.05, 0.1) is 6.26 Å². The van der Waals surface area contributed by atoms with Crippen molar-refractivity contribution in [1.29, 1.82) is 0 Å². The molecule has 0 saturated carbocycles. The first-order valence-corrected chi connectivity index (χ1v) is 8.38. The lowest BCUT2D eigenvalue weighted by atomic mass is 9.73. The summed E-state index contributed by atoms with van der Waals surface area (Å²) in [7, 11) is -3.02. The van der Waals surface area contributed by atoms with Crippen LogP contribution in [0.1, 0.15) is 33.6 Å². The van der Waals surface area contributed by atoms with Gasteiger partial charge in [0.15, 0.2) is 0 Å². The average Bonchev–Trinajstić information content (AvgIpc) is 2.27. The molecule has 0 N–H and O–H groups in total. The molecule has 2 saturated heterocycles. The lowest BCUT2D eigenvalue weighted by Crippen LogP contribution is -2.61. The molecule has 2 heterocycles. The van der Waals surface area contributed by atoms with Gasteiger partial charge >= 0.3 is 0 Å². The Labute approximate surface area is 110 Å². The second-order valence-electron chi connectivity index (χ2n) is 5.04. The predicted molar refractivity (Wildman–Crippen MR) is 71.7 cm³/mol. The van der Waals surface area contributed by atoms with Gasteiger partial charge in [-0.15, -0.1) is 0 Å². The Bertz CT molecular complexity index is 390. The van der Waals surface area contributed by atoms with Crippen LogP contribution in [0.15, 0.2) is 0 Å². The van der Waals surface area contributed by atoms with Crippen molar-refractivity contribution in [2.75, 3.05) is 32.4 Å². The molecule has 0 aliphatic carbocycles. The van der Waals surface area contributed by atoms with E-state index in [1.807, 2.05) is 18.7 Å². The third-order valence-electron chi connectivity index (χ3n) is 3.76. The van der Waals surface area contributed by atoms with E-state index in [-0.39, 0.29) is 11.3 Å². The molecular weight excluding hydrogens is 252 g/mol. The summed E-state index contributed by atoms with van der Waals surface area (Å²) < 4.78 is 24.1. The van der Waals surface area contributed by atoms with Crippen LogP contribution in [-0.2, 0) is 14.8 Å². The highest BCUT2D eigenvalue weighted by atomic mass is 32.2. The molecule has 5 nitrogen and oxygen atoms in total. The summed E-state index contributed by atoms with van der Waals surface area (Å²) >= 11 is 0. The van der Waals surface area contributed by atoms with Crippen LogP contribution < -0.4 is 0 Å². The number of nitrogens with zero attached hydrogens (tertiary/aromatic N) is 2. The van der Waals surface area contributed by atoms with Gasteiger partial charge in [-0.05, 0) is 12.8 Å². The molecule has 106 valence electrons. The number of hydrogen-bond acceptors (Lipinski definition) is 3. The maximum Gasteiger partial charge on any atom is 0.219 e. The molecule has 0 aromatic rings. The number of amides is 1. The van der Waals surface area contributed by atoms with Crippen LogP contribution in [0.4, 0.5) is 0 Å². The van der Waals surface area contributed by atoms with Crippen molar-refractivity contribution in [2.24, 2.45) is 5.41 Å². The van der Waals surface area contributed by atoms with Gasteiger partial charge in [-0.25, -0.2) is 12.7 Å². The number of hydrogen-bond donors (Lipinski definition) is 0. The summed E-state index contributed by atoms with van der Waals surface area (Å²) in [5.74, 6) is 0.120. The maximum atomic E-state index is 11.3. The van der Waals surface area contributed by atoms with Gasteiger partial charge in [0.2, 0.25) is 15.9 Å². The Morgan fingerprint density at radius 2 is 1.56 bits per heavy atom. The third-order valence-corrected chi connectivity index (χ3v) is 4.96. The first-order chi connectivity index (χ1) is 8.32. The van der Waals surface area contributed by atoms with Crippen molar-refractivity contribution in [2.45, 2.75) is 33.6 Å². The minimum atomic E-state index is -3.02. The molecule has 2 rings (SSSR count). The van der Waals surface area contributed by atoms with Gasteiger partial charge in [0, 0.05) is 38.5 Å². The van der Waals surface area contributed by atoms with Crippen LogP contribution >= 0.6 is 0 Å². The van der Waals surface area contributed by atoms with Gasteiger partial charge in [0.1, 0.15) is 0 Å². The molecular formula is C12H24N2O3S. The molecule has 2 aliphatic rings. The minimum Gasteiger partial charge on any atom is -0.343 e. The second kappa shape index (κ2) is 5.57. The van der Waals surface area contributed by atoms with Gasteiger partial charge in [0.25, 0.3) is 0 Å². The zero-order valence-corrected chi connectivity index (χ0v) is 12.6. The minimum absolute atomic E-state index is 0.120. The molecule has 1 amide bonds. The van der Waals surface area contributed by atoms with E-state index >= 15 is 0 Å². The quantitative estimate of drug-likeness (QED) is 0.715. The highest BCUT2D eigenvalue weighted by Crippen LogP contribution is 2.41. The van der Waals surface area contributed by atoms with Crippen molar-refractivity contribution < 1.29 is 13.2 Å². The summed E-state index contributed by atoms with van der Waals surface area (Å²) in [6, 6.07) is 0. The fourth-order valence-corrected chi connectivity index (χ4v) is 3.57. The van der Waals surface area contributed by atoms with Crippen molar-refractivity contribution in [1.82, 2.24) is 9.21 Å². The van der Waals surface area contributed by atoms with E-state index in [0.29, 0.717) is 13.1 Å². The zero-order chi connectivity index (χ0) is 14.0. The number of carbonyl (C=O) groups excluding carboxylic acids is 1. The van der Waals surface area contributed by atoms with E-state index in [1.165, 1.54) is 10.6 Å². The largest absolute Gasteiger partial charge is 0.343 e. The Hall–Kier alpha value is -0.620. The third kappa shape index (κ3) is 3.23. The first kappa shape index (κ1) is 15.4. The summed E-state index contributed by atoms with van der Waals surface area (Å²) in [4.78, 5) is 13.0. The smallest absolute Gasteiger partial charge is 0.219 e. The highest BCUT2D eigenvalue weighted by molar-refractivity contribution is 7.88. The number of piperidine rings is 1. The summed E-state index contributed by atoms with van der Waals surface area (Å²) in [5, 5.41) is 0. The van der Waals surface area contributed by atoms with Crippen molar-refractivity contribution in [3.05, 3.63) is 0 Å². The molecule has 0 aromatic carbocycles. The number of carbonyl (C=O) groups is 1. The van der Waals surface area contributed by atoms with E-state index in [0.717, 1.165) is 25.9 Å². The average molecular weight is 276 g/mol. The van der Waals surface area contributed by atoms with Crippen LogP contribution in [0, 0.1) is 5.41 Å². The number of rotatable bonds is 1. The van der Waals surface area contributed by atoms with Crippen LogP contribution in [0.3, 0.4) is 0 Å². The van der Waals surface area contributed by atoms with Crippen LogP contribution in [0.5, 0.6) is 0 Å². The first-order valence-electron chi connectivity index (χ1n) is 6.53. The molecule has 0 radical (unpaired) electrons. The molecule has 2 aliphatic heterocycles. The molecule has 1 spiro atoms. The van der Waals surface area contributed by atoms with Gasteiger partial charge in [-0.2, -0.15) is 0 Å². The molecule has 6 heteroatoms. The standard InChI is InChI=1S/C10H18N2O3S.C2H6/c1-9(13)11-5-3-10(4-6-11)7-12(8-10)16(2,14)15;1-2/h3-8H2,1-2H3;1-2H3. The number of sulfonamides is 1. The lowest BCUT2D eigenvalue weighted by molar-refractivity contribution is -0.132. The normalized spacial score (nSPS) is 23.0. The molecule has 0 bridgehead atoms. The van der Waals surface area contributed by atoms with Crippen LogP contribution in [-0.4, -0.2) is 56.0 Å². The predicted octanol–water partition coefficient (Wildman–Crippen LogP) is 0.917. The van der Waals surface area contributed by atoms with Gasteiger partial charge < -0.3 is 4.90 Å². The summed E-state index contributed by atoms with van der Waals surface area (Å²) in [5.41, 5.74) is 0.148. The molecule has 0 atom stereocenters. The Balaban J connectivity index is 0.000000771. The van der Waals surface area contributed by atoms with E-state index < -0.39 is 10.0 Å². The highest BCUT2D eigenvalue weighted by Gasteiger charge is 2.48. The van der Waals surface area contributed by atoms with Crippen LogP contribution in [0.2, 0.25) is 0 Å². The fraction of sp³-hybridized carbons (Fsp3) is 0.917. The SMILES string of the molecule is CC.CC(=O)N1CCC2(CC1)CN(S(C)(=O)=O)C2. The Kier molecular flexibility index (Phi) is 4.78. The van der Waals surface area contributed by atoms with E-state index in [4.69, 9.17) is 0 Å². The van der Waals surface area contributed by atoms with Crippen LogP contribution in [0.25, 0.3) is 0 Å². The van der Waals surface area contributed by atoms with Crippen molar-refractivity contribution in [3.63, 3.8) is 0 Å². The lowest BCUT2D eigenvalue weighted by Gasteiger charge is -2.52. The van der Waals surface area contributed by atoms with E-state index in [1.54, 1.807) is 6.92 Å². The Morgan fingerprint density at radius 1 is 1.11 bits per heavy atom. The molecule has 2 fully saturated rings. The molecule has 18 heavy (non-hydrogen) atoms. The summed E-state index contributed by atoms with van der Waals surface area (Å²) in [6.07, 6.45) is 3.11. The molecule has 0 unspecified atom stereocenters. The zero-order valence-electron chi connectivity index (χ0n) is 11.8. The molecule has 0 aromatic heterocycles. The number of likely N-dealkylation sites (tertiary alicyclic amines) is 1. The summed E-state index contributed by atoms with van der Waals surface area (Å²) in [6.45, 7) is 8.40. The van der Waals surface area contributed by atoms with Gasteiger partial charge in [-0.3, -0.25) is 4.79 Å². The van der Waals surface area contributed by atoms with Crippen molar-refractivity contribution >= 4 is 15.9 Å². The monoisotopic (exact) mass is 276 g/mol. The van der Waals surface area contributed by atoms with E-state index in [9.17, 15) is 13.2 Å². The van der Waals surface area contributed by atoms with Crippen molar-refractivity contribution in [3.8, 4) is 0 Å². The van der Waals surface area contributed by atoms with E-state index in [2.05, 4.69) is 0 Å². The van der Waals surface area contributed by atoms with Gasteiger partial charge in [-0.1, -0.05) is 13.8 Å². The fourth-order valence-electron chi connectivity index (χ4n) is 2.55. The second-order valence-corrected chi connectivity index (χ2v) is 7.02. The Morgan fingerprint density at radius 3 is 1.89 bits per heavy atom.